The van der Waals surface area contributed by atoms with Crippen LogP contribution in [-0.4, -0.2) is 18.3 Å². The molecule has 1 rings (SSSR count). The smallest absolute Gasteiger partial charge is 0.123 e. The number of thioether (sulfide) groups is 1. The van der Waals surface area contributed by atoms with E-state index < -0.39 is 0 Å². The average Bonchev–Trinajstić information content (AvgIpc) is 2.40. The first-order chi connectivity index (χ1) is 8.76. The molecule has 0 saturated heterocycles. The number of rotatable bonds is 7. The van der Waals surface area contributed by atoms with Crippen molar-refractivity contribution in [3.8, 4) is 11.8 Å². The fraction of sp³-hybridized carbons (Fsp3) is 0.467. The minimum absolute atomic E-state index is 0.183. The van der Waals surface area contributed by atoms with Crippen LogP contribution in [0.1, 0.15) is 26.7 Å². The van der Waals surface area contributed by atoms with Crippen LogP contribution >= 0.6 is 11.8 Å². The molecule has 0 bridgehead atoms. The van der Waals surface area contributed by atoms with Crippen LogP contribution in [0.2, 0.25) is 0 Å². The first-order valence-corrected chi connectivity index (χ1v) is 7.26. The molecule has 0 aliphatic heterocycles. The van der Waals surface area contributed by atoms with Crippen LogP contribution in [0.4, 0.5) is 4.39 Å². The van der Waals surface area contributed by atoms with Gasteiger partial charge in [-0.15, -0.1) is 23.6 Å². The minimum Gasteiger partial charge on any atom is -0.312 e. The van der Waals surface area contributed by atoms with E-state index in [1.54, 1.807) is 11.8 Å². The van der Waals surface area contributed by atoms with Crippen molar-refractivity contribution in [3.05, 3.63) is 30.1 Å². The van der Waals surface area contributed by atoms with E-state index in [-0.39, 0.29) is 5.82 Å². The fourth-order valence-electron chi connectivity index (χ4n) is 1.49. The molecule has 0 saturated carbocycles. The second-order valence-corrected chi connectivity index (χ2v) is 5.14. The van der Waals surface area contributed by atoms with E-state index >= 15 is 0 Å². The molecular weight excluding hydrogens is 245 g/mol. The summed E-state index contributed by atoms with van der Waals surface area (Å²) < 4.78 is 12.8. The highest BCUT2D eigenvalue weighted by Gasteiger charge is 2.06. The predicted molar refractivity (Wildman–Crippen MR) is 77.3 cm³/mol. The molecule has 1 aromatic carbocycles. The largest absolute Gasteiger partial charge is 0.312 e. The molecule has 1 atom stereocenters. The molecule has 18 heavy (non-hydrogen) atoms. The third kappa shape index (κ3) is 6.09. The first-order valence-electron chi connectivity index (χ1n) is 6.27. The van der Waals surface area contributed by atoms with Gasteiger partial charge >= 0.3 is 0 Å². The Kier molecular flexibility index (Phi) is 7.55. The van der Waals surface area contributed by atoms with Gasteiger partial charge in [-0.05, 0) is 44.2 Å². The topological polar surface area (TPSA) is 12.0 Å². The molecular formula is C15H20FNS. The molecule has 0 amide bonds. The van der Waals surface area contributed by atoms with Gasteiger partial charge in [0.1, 0.15) is 5.82 Å². The van der Waals surface area contributed by atoms with Crippen molar-refractivity contribution >= 4 is 11.8 Å². The average molecular weight is 265 g/mol. The molecule has 0 radical (unpaired) electrons. The van der Waals surface area contributed by atoms with E-state index in [4.69, 9.17) is 0 Å². The maximum absolute atomic E-state index is 12.8. The number of hydrogen-bond acceptors (Lipinski definition) is 2. The Morgan fingerprint density at radius 1 is 1.33 bits per heavy atom. The van der Waals surface area contributed by atoms with Gasteiger partial charge in [0.15, 0.2) is 0 Å². The Bertz CT molecular complexity index is 391. The van der Waals surface area contributed by atoms with Crippen molar-refractivity contribution in [1.82, 2.24) is 5.32 Å². The van der Waals surface area contributed by atoms with Crippen molar-refractivity contribution in [3.63, 3.8) is 0 Å². The van der Waals surface area contributed by atoms with E-state index in [0.29, 0.717) is 6.04 Å². The molecule has 1 nitrogen and oxygen atoms in total. The lowest BCUT2D eigenvalue weighted by atomic mass is 10.2. The van der Waals surface area contributed by atoms with Crippen molar-refractivity contribution in [2.75, 3.05) is 12.3 Å². The van der Waals surface area contributed by atoms with Gasteiger partial charge in [-0.1, -0.05) is 6.92 Å². The van der Waals surface area contributed by atoms with Gasteiger partial charge in [0.2, 0.25) is 0 Å². The van der Waals surface area contributed by atoms with Gasteiger partial charge in [0, 0.05) is 23.1 Å². The summed E-state index contributed by atoms with van der Waals surface area (Å²) in [4.78, 5) is 1.10. The van der Waals surface area contributed by atoms with Gasteiger partial charge in [0.05, 0.1) is 0 Å². The highest BCUT2D eigenvalue weighted by atomic mass is 32.2. The van der Waals surface area contributed by atoms with Crippen LogP contribution in [-0.2, 0) is 0 Å². The van der Waals surface area contributed by atoms with Gasteiger partial charge < -0.3 is 5.32 Å². The highest BCUT2D eigenvalue weighted by Crippen LogP contribution is 2.19. The van der Waals surface area contributed by atoms with Gasteiger partial charge in [-0.25, -0.2) is 4.39 Å². The molecule has 1 aromatic rings. The summed E-state index contributed by atoms with van der Waals surface area (Å²) in [5, 5.41) is 3.49. The van der Waals surface area contributed by atoms with E-state index in [2.05, 4.69) is 24.1 Å². The van der Waals surface area contributed by atoms with Crippen molar-refractivity contribution in [2.24, 2.45) is 0 Å². The van der Waals surface area contributed by atoms with E-state index in [1.807, 2.05) is 19.1 Å². The number of nitrogens with one attached hydrogen (secondary N) is 1. The van der Waals surface area contributed by atoms with E-state index in [0.717, 1.165) is 30.0 Å². The van der Waals surface area contributed by atoms with Crippen LogP contribution in [0.25, 0.3) is 0 Å². The quantitative estimate of drug-likeness (QED) is 0.596. The van der Waals surface area contributed by atoms with Crippen molar-refractivity contribution in [2.45, 2.75) is 37.6 Å². The van der Waals surface area contributed by atoms with Gasteiger partial charge in [-0.2, -0.15) is 0 Å². The Labute approximate surface area is 114 Å². The molecule has 0 aromatic heterocycles. The van der Waals surface area contributed by atoms with Crippen molar-refractivity contribution in [1.29, 1.82) is 0 Å². The molecule has 0 heterocycles. The molecule has 0 spiro atoms. The number of halogens is 1. The molecule has 0 aliphatic rings. The summed E-state index contributed by atoms with van der Waals surface area (Å²) in [5.74, 6) is 6.82. The molecule has 0 fully saturated rings. The summed E-state index contributed by atoms with van der Waals surface area (Å²) in [6.45, 7) is 5.03. The lowest BCUT2D eigenvalue weighted by molar-refractivity contribution is 0.563. The Morgan fingerprint density at radius 3 is 2.67 bits per heavy atom. The van der Waals surface area contributed by atoms with Crippen LogP contribution in [0, 0.1) is 17.7 Å². The zero-order chi connectivity index (χ0) is 13.2. The van der Waals surface area contributed by atoms with E-state index in [1.165, 1.54) is 12.1 Å². The number of benzene rings is 1. The highest BCUT2D eigenvalue weighted by molar-refractivity contribution is 7.99. The number of hydrogen-bond donors (Lipinski definition) is 1. The third-order valence-corrected chi connectivity index (χ3v) is 3.65. The minimum atomic E-state index is -0.183. The molecule has 3 heteroatoms. The summed E-state index contributed by atoms with van der Waals surface area (Å²) >= 11 is 1.74. The predicted octanol–water partition coefficient (Wildman–Crippen LogP) is 3.70. The van der Waals surface area contributed by atoms with Crippen LogP contribution in [0.3, 0.4) is 0 Å². The van der Waals surface area contributed by atoms with Gasteiger partial charge in [0.25, 0.3) is 0 Å². The maximum Gasteiger partial charge on any atom is 0.123 e. The fourth-order valence-corrected chi connectivity index (χ4v) is 2.45. The normalized spacial score (nSPS) is 11.7. The van der Waals surface area contributed by atoms with E-state index in [9.17, 15) is 4.39 Å². The zero-order valence-electron chi connectivity index (χ0n) is 11.0. The summed E-state index contributed by atoms with van der Waals surface area (Å²) in [6.07, 6.45) is 1.99. The third-order valence-electron chi connectivity index (χ3n) is 2.47. The molecule has 98 valence electrons. The summed E-state index contributed by atoms with van der Waals surface area (Å²) in [7, 11) is 0. The first kappa shape index (κ1) is 15.1. The SMILES string of the molecule is CC#CCC(CSc1ccc(F)cc1)NCCC. The zero-order valence-corrected chi connectivity index (χ0v) is 11.8. The Hall–Kier alpha value is -0.980. The lowest BCUT2D eigenvalue weighted by Gasteiger charge is -2.15. The maximum atomic E-state index is 12.8. The van der Waals surface area contributed by atoms with Crippen molar-refractivity contribution < 1.29 is 4.39 Å². The molecule has 0 aliphatic carbocycles. The standard InChI is InChI=1S/C15H20FNS/c1-3-5-6-14(17-11-4-2)12-18-15-9-7-13(16)8-10-15/h7-10,14,17H,4,6,11-12H2,1-2H3. The van der Waals surface area contributed by atoms with Crippen LogP contribution < -0.4 is 5.32 Å². The second-order valence-electron chi connectivity index (χ2n) is 4.05. The molecule has 1 N–H and O–H groups in total. The van der Waals surface area contributed by atoms with Crippen LogP contribution in [0.5, 0.6) is 0 Å². The molecule has 1 unspecified atom stereocenters. The van der Waals surface area contributed by atoms with Crippen LogP contribution in [0.15, 0.2) is 29.2 Å². The monoisotopic (exact) mass is 265 g/mol. The Balaban J connectivity index is 2.43. The summed E-state index contributed by atoms with van der Waals surface area (Å²) in [6, 6.07) is 7.04. The second kappa shape index (κ2) is 9.02. The lowest BCUT2D eigenvalue weighted by Crippen LogP contribution is -2.31. The Morgan fingerprint density at radius 2 is 2.06 bits per heavy atom. The van der Waals surface area contributed by atoms with Gasteiger partial charge in [-0.3, -0.25) is 0 Å². The summed E-state index contributed by atoms with van der Waals surface area (Å²) in [5.41, 5.74) is 0.